The van der Waals surface area contributed by atoms with Gasteiger partial charge in [-0.05, 0) is 66.4 Å². The predicted molar refractivity (Wildman–Crippen MR) is 166 cm³/mol. The second-order valence-electron chi connectivity index (χ2n) is 12.3. The lowest BCUT2D eigenvalue weighted by Crippen LogP contribution is -2.47. The van der Waals surface area contributed by atoms with E-state index in [1.165, 1.54) is 22.9 Å². The maximum absolute atomic E-state index is 13.8. The van der Waals surface area contributed by atoms with Crippen molar-refractivity contribution in [1.29, 1.82) is 0 Å². The number of aromatic nitrogens is 4. The summed E-state index contributed by atoms with van der Waals surface area (Å²) in [6.45, 7) is 3.30. The van der Waals surface area contributed by atoms with Gasteiger partial charge in [0.1, 0.15) is 5.75 Å². The van der Waals surface area contributed by atoms with E-state index < -0.39 is 59.8 Å². The number of fused-ring (bicyclic) bond motifs is 1. The second kappa shape index (κ2) is 15.9. The van der Waals surface area contributed by atoms with Gasteiger partial charge in [-0.1, -0.05) is 57.5 Å². The van der Waals surface area contributed by atoms with Crippen molar-refractivity contribution in [3.05, 3.63) is 58.7 Å². The number of unbranched alkanes of at least 4 members (excludes halogenated alkanes) is 6. The highest BCUT2D eigenvalue weighted by molar-refractivity contribution is 5.95. The second-order valence-corrected chi connectivity index (χ2v) is 12.3. The molecule has 276 valence electrons. The Morgan fingerprint density at radius 2 is 1.50 bits per heavy atom. The lowest BCUT2D eigenvalue weighted by atomic mass is 9.87. The monoisotopic (exact) mass is 722 g/mol. The van der Waals surface area contributed by atoms with Gasteiger partial charge in [-0.3, -0.25) is 4.79 Å². The number of benzene rings is 2. The first-order chi connectivity index (χ1) is 23.4. The topological polar surface area (TPSA) is 76.4 Å². The van der Waals surface area contributed by atoms with Crippen LogP contribution in [0.1, 0.15) is 106 Å². The Kier molecular flexibility index (Phi) is 12.3. The highest BCUT2D eigenvalue weighted by atomic mass is 19.4. The molecule has 0 unspecified atom stereocenters. The number of hydrogen-bond donors (Lipinski definition) is 0. The number of rotatable bonds is 14. The largest absolute Gasteiger partial charge is 0.573 e. The first-order valence-electron chi connectivity index (χ1n) is 16.4. The summed E-state index contributed by atoms with van der Waals surface area (Å²) in [5, 5.41) is 11.9. The fourth-order valence-corrected chi connectivity index (χ4v) is 6.26. The van der Waals surface area contributed by atoms with E-state index in [1.807, 2.05) is 0 Å². The van der Waals surface area contributed by atoms with E-state index >= 15 is 0 Å². The zero-order valence-electron chi connectivity index (χ0n) is 27.8. The van der Waals surface area contributed by atoms with Gasteiger partial charge < -0.3 is 14.5 Å². The summed E-state index contributed by atoms with van der Waals surface area (Å²) in [7, 11) is 1.39. The summed E-state index contributed by atoms with van der Waals surface area (Å²) in [5.74, 6) is -1.08. The van der Waals surface area contributed by atoms with Crippen LogP contribution in [0.2, 0.25) is 0 Å². The number of alkyl halides is 9. The van der Waals surface area contributed by atoms with Crippen molar-refractivity contribution in [1.82, 2.24) is 20.2 Å². The molecular weight excluding hydrogens is 683 g/mol. The zero-order chi connectivity index (χ0) is 36.9. The maximum atomic E-state index is 13.8. The average molecular weight is 723 g/mol. The summed E-state index contributed by atoms with van der Waals surface area (Å²) >= 11 is 0. The van der Waals surface area contributed by atoms with E-state index in [9.17, 15) is 44.3 Å². The maximum Gasteiger partial charge on any atom is 0.573 e. The molecule has 1 aromatic heterocycles. The summed E-state index contributed by atoms with van der Waals surface area (Å²) in [6, 6.07) is 3.02. The van der Waals surface area contributed by atoms with E-state index in [4.69, 9.17) is 0 Å². The van der Waals surface area contributed by atoms with Crippen LogP contribution in [-0.4, -0.2) is 38.5 Å². The Morgan fingerprint density at radius 3 is 2.04 bits per heavy atom. The Hall–Kier alpha value is -4.05. The number of nitrogens with zero attached hydrogens (tertiary/aromatic N) is 6. The van der Waals surface area contributed by atoms with Crippen molar-refractivity contribution in [2.75, 3.05) is 9.80 Å². The van der Waals surface area contributed by atoms with Gasteiger partial charge in [-0.2, -0.15) is 31.1 Å². The smallest absolute Gasteiger partial charge is 0.406 e. The van der Waals surface area contributed by atoms with E-state index in [-0.39, 0.29) is 42.0 Å². The fraction of sp³-hybridized carbons (Fsp3) is 0.576. The van der Waals surface area contributed by atoms with Crippen molar-refractivity contribution in [2.24, 2.45) is 7.05 Å². The number of anilines is 2. The number of ether oxygens (including phenoxy) is 1. The van der Waals surface area contributed by atoms with Gasteiger partial charge in [-0.15, -0.1) is 18.3 Å². The molecule has 2 aromatic carbocycles. The number of aryl methyl sites for hydroxylation is 1. The van der Waals surface area contributed by atoms with Crippen LogP contribution in [0.4, 0.5) is 51.1 Å². The van der Waals surface area contributed by atoms with Crippen LogP contribution in [0, 0.1) is 0 Å². The van der Waals surface area contributed by atoms with E-state index in [0.29, 0.717) is 25.0 Å². The lowest BCUT2D eigenvalue weighted by molar-refractivity contribution is -0.274. The van der Waals surface area contributed by atoms with Crippen LogP contribution in [0.25, 0.3) is 0 Å². The van der Waals surface area contributed by atoms with Gasteiger partial charge >= 0.3 is 18.7 Å². The SMILES string of the molecule is CCCCCCCCCC(=O)N1c2ccc(OC(F)(F)F)cc2[C@@H](N(Cc2cc(C(F)(F)F)cc(C(F)(F)F)c2)c2nnn(C)n2)C[C@H]1CC. The molecule has 3 aromatic rings. The lowest BCUT2D eigenvalue weighted by Gasteiger charge is -2.44. The molecule has 8 nitrogen and oxygen atoms in total. The van der Waals surface area contributed by atoms with Crippen molar-refractivity contribution < 1.29 is 49.0 Å². The summed E-state index contributed by atoms with van der Waals surface area (Å²) in [4.78, 5) is 17.6. The van der Waals surface area contributed by atoms with Gasteiger partial charge in [0.15, 0.2) is 0 Å². The highest BCUT2D eigenvalue weighted by Gasteiger charge is 2.41. The van der Waals surface area contributed by atoms with E-state index in [1.54, 1.807) is 6.92 Å². The third kappa shape index (κ3) is 10.0. The molecule has 1 amide bonds. The predicted octanol–water partition coefficient (Wildman–Crippen LogP) is 9.55. The standard InChI is InChI=1S/C33H39F9N6O2/c1-4-6-7-8-9-10-11-12-29(49)48-24(5-2)18-28(26-19-25(13-14-27(26)48)50-33(40,41)42)47(30-43-45-46(3)44-30)20-21-15-22(31(34,35)36)17-23(16-21)32(37,38)39/h13-17,19,24,28H,4-12,18,20H2,1-3H3/t24-,28+/m1/s1. The molecule has 2 atom stereocenters. The number of tetrazole rings is 1. The van der Waals surface area contributed by atoms with Gasteiger partial charge in [0, 0.05) is 30.3 Å². The van der Waals surface area contributed by atoms with Gasteiger partial charge in [0.2, 0.25) is 5.91 Å². The molecule has 1 aliphatic heterocycles. The molecule has 50 heavy (non-hydrogen) atoms. The van der Waals surface area contributed by atoms with Crippen molar-refractivity contribution in [2.45, 2.75) is 115 Å². The first kappa shape index (κ1) is 38.7. The minimum atomic E-state index is -5.11. The number of amides is 1. The van der Waals surface area contributed by atoms with E-state index in [2.05, 4.69) is 27.1 Å². The van der Waals surface area contributed by atoms with E-state index in [0.717, 1.165) is 55.5 Å². The Labute approximate surface area is 283 Å². The molecule has 0 fully saturated rings. The average Bonchev–Trinajstić information content (AvgIpc) is 3.46. The molecule has 0 N–H and O–H groups in total. The fourth-order valence-electron chi connectivity index (χ4n) is 6.26. The zero-order valence-corrected chi connectivity index (χ0v) is 27.8. The Bertz CT molecular complexity index is 1560. The minimum absolute atomic E-state index is 0.00683. The summed E-state index contributed by atoms with van der Waals surface area (Å²) < 4.78 is 127. The molecule has 0 aliphatic carbocycles. The van der Waals surface area contributed by atoms with Crippen LogP contribution < -0.4 is 14.5 Å². The van der Waals surface area contributed by atoms with Crippen molar-refractivity contribution >= 4 is 17.5 Å². The first-order valence-corrected chi connectivity index (χ1v) is 16.4. The number of hydrogen-bond acceptors (Lipinski definition) is 6. The number of carbonyl (C=O) groups is 1. The third-order valence-corrected chi connectivity index (χ3v) is 8.58. The van der Waals surface area contributed by atoms with Crippen molar-refractivity contribution in [3.8, 4) is 5.75 Å². The Balaban J connectivity index is 1.79. The molecule has 0 saturated heterocycles. The quantitative estimate of drug-likeness (QED) is 0.122. The number of halogens is 9. The molecule has 4 rings (SSSR count). The normalized spacial score (nSPS) is 16.8. The van der Waals surface area contributed by atoms with Crippen molar-refractivity contribution in [3.63, 3.8) is 0 Å². The van der Waals surface area contributed by atoms with Gasteiger partial charge in [-0.25, -0.2) is 0 Å². The molecule has 1 aliphatic rings. The summed E-state index contributed by atoms with van der Waals surface area (Å²) in [6.07, 6.45) is -7.99. The van der Waals surface area contributed by atoms with Crippen LogP contribution in [0.15, 0.2) is 36.4 Å². The molecule has 0 spiro atoms. The molecule has 0 radical (unpaired) electrons. The van der Waals surface area contributed by atoms with Gasteiger partial charge in [0.25, 0.3) is 5.95 Å². The van der Waals surface area contributed by atoms with Crippen LogP contribution >= 0.6 is 0 Å². The third-order valence-electron chi connectivity index (χ3n) is 8.58. The van der Waals surface area contributed by atoms with Crippen LogP contribution in [0.5, 0.6) is 5.75 Å². The molecule has 2 heterocycles. The van der Waals surface area contributed by atoms with Crippen LogP contribution in [-0.2, 0) is 30.7 Å². The molecule has 0 bridgehead atoms. The Morgan fingerprint density at radius 1 is 0.880 bits per heavy atom. The minimum Gasteiger partial charge on any atom is -0.406 e. The molecule has 17 heteroatoms. The van der Waals surface area contributed by atoms with Gasteiger partial charge in [0.05, 0.1) is 24.2 Å². The number of carbonyl (C=O) groups excluding carboxylic acids is 1. The molecule has 0 saturated carbocycles. The highest BCUT2D eigenvalue weighted by Crippen LogP contribution is 2.46. The molecular formula is C33H39F9N6O2. The van der Waals surface area contributed by atoms with Crippen LogP contribution in [0.3, 0.4) is 0 Å². The summed E-state index contributed by atoms with van der Waals surface area (Å²) in [5.41, 5.74) is -3.11.